The van der Waals surface area contributed by atoms with Crippen molar-refractivity contribution in [2.24, 2.45) is 5.73 Å². The third kappa shape index (κ3) is 3.15. The number of methoxy groups -OCH3 is 2. The Morgan fingerprint density at radius 2 is 1.83 bits per heavy atom. The summed E-state index contributed by atoms with van der Waals surface area (Å²) in [6, 6.07) is 13.9. The monoisotopic (exact) mass is 325 g/mol. The smallest absolute Gasteiger partial charge is 0.322 e. The predicted octanol–water partition coefficient (Wildman–Crippen LogP) is 2.82. The summed E-state index contributed by atoms with van der Waals surface area (Å²) in [6.07, 6.45) is 2.46. The maximum absolute atomic E-state index is 11.8. The van der Waals surface area contributed by atoms with Crippen LogP contribution in [0.2, 0.25) is 0 Å². The molecule has 0 aromatic heterocycles. The highest BCUT2D eigenvalue weighted by Crippen LogP contribution is 2.38. The Morgan fingerprint density at radius 3 is 2.58 bits per heavy atom. The zero-order valence-electron chi connectivity index (χ0n) is 14.1. The first-order valence-corrected chi connectivity index (χ1v) is 8.22. The fourth-order valence-electron chi connectivity index (χ4n) is 3.56. The zero-order valence-corrected chi connectivity index (χ0v) is 14.1. The average molecular weight is 325 g/mol. The Morgan fingerprint density at radius 1 is 1.12 bits per heavy atom. The Labute approximate surface area is 142 Å². The van der Waals surface area contributed by atoms with Gasteiger partial charge >= 0.3 is 5.97 Å². The van der Waals surface area contributed by atoms with Gasteiger partial charge in [0.2, 0.25) is 0 Å². The number of hydrogen-bond acceptors (Lipinski definition) is 4. The molecule has 0 heterocycles. The van der Waals surface area contributed by atoms with E-state index in [0.29, 0.717) is 6.42 Å². The van der Waals surface area contributed by atoms with Gasteiger partial charge in [0.15, 0.2) is 0 Å². The average Bonchev–Trinajstić information content (AvgIpc) is 2.78. The van der Waals surface area contributed by atoms with Crippen LogP contribution in [0.4, 0.5) is 0 Å². The molecule has 0 aliphatic heterocycles. The summed E-state index contributed by atoms with van der Waals surface area (Å²) in [5, 5.41) is 0. The zero-order chi connectivity index (χ0) is 17.1. The van der Waals surface area contributed by atoms with Crippen molar-refractivity contribution in [1.82, 2.24) is 0 Å². The molecule has 2 N–H and O–H groups in total. The molecule has 0 amide bonds. The Bertz CT molecular complexity index is 741. The van der Waals surface area contributed by atoms with E-state index in [1.807, 2.05) is 12.1 Å². The van der Waals surface area contributed by atoms with Crippen LogP contribution in [0.1, 0.15) is 34.6 Å². The highest BCUT2D eigenvalue weighted by molar-refractivity contribution is 5.75. The molecular weight excluding hydrogens is 302 g/mol. The molecule has 1 aliphatic carbocycles. The lowest BCUT2D eigenvalue weighted by atomic mass is 9.83. The number of hydrogen-bond donors (Lipinski definition) is 1. The first-order chi connectivity index (χ1) is 11.6. The van der Waals surface area contributed by atoms with Crippen molar-refractivity contribution >= 4 is 5.97 Å². The third-order valence-electron chi connectivity index (χ3n) is 4.81. The first-order valence-electron chi connectivity index (χ1n) is 8.22. The second-order valence-corrected chi connectivity index (χ2v) is 6.18. The van der Waals surface area contributed by atoms with Crippen molar-refractivity contribution in [1.29, 1.82) is 0 Å². The number of benzene rings is 2. The van der Waals surface area contributed by atoms with Gasteiger partial charge in [0.05, 0.1) is 14.2 Å². The molecule has 0 bridgehead atoms. The van der Waals surface area contributed by atoms with Gasteiger partial charge in [-0.2, -0.15) is 0 Å². The van der Waals surface area contributed by atoms with E-state index < -0.39 is 6.04 Å². The van der Waals surface area contributed by atoms with Gasteiger partial charge in [0.25, 0.3) is 0 Å². The van der Waals surface area contributed by atoms with E-state index in [-0.39, 0.29) is 11.9 Å². The number of carbonyl (C=O) groups excluding carboxylic acids is 1. The molecule has 1 aliphatic rings. The van der Waals surface area contributed by atoms with Crippen molar-refractivity contribution < 1.29 is 14.3 Å². The van der Waals surface area contributed by atoms with Crippen molar-refractivity contribution in [3.8, 4) is 5.75 Å². The minimum Gasteiger partial charge on any atom is -0.497 e. The fraction of sp³-hybridized carbons (Fsp3) is 0.350. The number of rotatable bonds is 4. The first kappa shape index (κ1) is 16.5. The summed E-state index contributed by atoms with van der Waals surface area (Å²) in [7, 11) is 3.06. The van der Waals surface area contributed by atoms with E-state index >= 15 is 0 Å². The van der Waals surface area contributed by atoms with Crippen LogP contribution < -0.4 is 10.5 Å². The second-order valence-electron chi connectivity index (χ2n) is 6.18. The van der Waals surface area contributed by atoms with Crippen LogP contribution in [0.3, 0.4) is 0 Å². The summed E-state index contributed by atoms with van der Waals surface area (Å²) in [6.45, 7) is 0. The minimum atomic E-state index is -0.638. The Hall–Kier alpha value is -2.33. The van der Waals surface area contributed by atoms with Gasteiger partial charge in [-0.25, -0.2) is 0 Å². The quantitative estimate of drug-likeness (QED) is 0.878. The molecule has 2 aromatic carbocycles. The van der Waals surface area contributed by atoms with Gasteiger partial charge in [-0.1, -0.05) is 30.3 Å². The maximum atomic E-state index is 11.8. The van der Waals surface area contributed by atoms with Crippen LogP contribution in [-0.2, 0) is 22.4 Å². The summed E-state index contributed by atoms with van der Waals surface area (Å²) >= 11 is 0. The van der Waals surface area contributed by atoms with E-state index in [9.17, 15) is 4.79 Å². The minimum absolute atomic E-state index is 0.0821. The van der Waals surface area contributed by atoms with Crippen molar-refractivity contribution in [3.05, 3.63) is 64.7 Å². The molecule has 0 radical (unpaired) electrons. The van der Waals surface area contributed by atoms with Crippen LogP contribution in [0, 0.1) is 0 Å². The number of nitrogens with two attached hydrogens (primary N) is 1. The molecule has 3 rings (SSSR count). The van der Waals surface area contributed by atoms with Gasteiger partial charge in [-0.05, 0) is 53.6 Å². The number of carbonyl (C=O) groups is 1. The van der Waals surface area contributed by atoms with Crippen LogP contribution in [-0.4, -0.2) is 26.2 Å². The number of fused-ring (bicyclic) bond motifs is 2. The molecule has 126 valence electrons. The van der Waals surface area contributed by atoms with Crippen molar-refractivity contribution in [3.63, 3.8) is 0 Å². The lowest BCUT2D eigenvalue weighted by molar-refractivity contribution is -0.142. The molecule has 0 saturated heterocycles. The van der Waals surface area contributed by atoms with Gasteiger partial charge < -0.3 is 15.2 Å². The van der Waals surface area contributed by atoms with Gasteiger partial charge in [0.1, 0.15) is 11.8 Å². The molecule has 24 heavy (non-hydrogen) atoms. The van der Waals surface area contributed by atoms with E-state index in [1.54, 1.807) is 7.11 Å². The fourth-order valence-corrected chi connectivity index (χ4v) is 3.56. The molecule has 4 nitrogen and oxygen atoms in total. The van der Waals surface area contributed by atoms with Gasteiger partial charge in [-0.3, -0.25) is 4.79 Å². The van der Waals surface area contributed by atoms with Crippen LogP contribution in [0.5, 0.6) is 5.75 Å². The molecular formula is C20H23NO3. The number of esters is 1. The van der Waals surface area contributed by atoms with Gasteiger partial charge in [-0.15, -0.1) is 0 Å². The van der Waals surface area contributed by atoms with Crippen molar-refractivity contribution in [2.75, 3.05) is 14.2 Å². The molecule has 4 heteroatoms. The van der Waals surface area contributed by atoms with E-state index in [4.69, 9.17) is 15.2 Å². The van der Waals surface area contributed by atoms with Gasteiger partial charge in [0, 0.05) is 5.92 Å². The molecule has 0 fully saturated rings. The maximum Gasteiger partial charge on any atom is 0.322 e. The highest BCUT2D eigenvalue weighted by Gasteiger charge is 2.28. The summed E-state index contributed by atoms with van der Waals surface area (Å²) in [5.41, 5.74) is 11.1. The highest BCUT2D eigenvalue weighted by atomic mass is 16.5. The standard InChI is InChI=1S/C20H23NO3/c1-23-15-9-10-17-14(11-15)8-7-13-5-3-4-6-16(13)18(17)12-19(21)20(22)24-2/h3-6,9-11,18-19H,7-8,12,21H2,1-2H3. The lowest BCUT2D eigenvalue weighted by Gasteiger charge is -2.23. The molecule has 0 saturated carbocycles. The van der Waals surface area contributed by atoms with Crippen LogP contribution in [0.25, 0.3) is 0 Å². The Balaban J connectivity index is 2.05. The van der Waals surface area contributed by atoms with Crippen molar-refractivity contribution in [2.45, 2.75) is 31.2 Å². The van der Waals surface area contributed by atoms with Crippen LogP contribution in [0.15, 0.2) is 42.5 Å². The lowest BCUT2D eigenvalue weighted by Crippen LogP contribution is -2.33. The second kappa shape index (κ2) is 7.05. The summed E-state index contributed by atoms with van der Waals surface area (Å²) < 4.78 is 10.2. The SMILES string of the molecule is COC(=O)C(N)CC1c2ccccc2CCc2cc(OC)ccc21. The molecule has 0 spiro atoms. The molecule has 2 atom stereocenters. The van der Waals surface area contributed by atoms with Crippen LogP contribution >= 0.6 is 0 Å². The third-order valence-corrected chi connectivity index (χ3v) is 4.81. The van der Waals surface area contributed by atoms with E-state index in [0.717, 1.165) is 18.6 Å². The number of ether oxygens (including phenoxy) is 2. The topological polar surface area (TPSA) is 61.5 Å². The normalized spacial score (nSPS) is 17.2. The Kier molecular flexibility index (Phi) is 4.86. The molecule has 2 unspecified atom stereocenters. The van der Waals surface area contributed by atoms with E-state index in [2.05, 4.69) is 30.3 Å². The number of aryl methyl sites for hydroxylation is 2. The largest absolute Gasteiger partial charge is 0.497 e. The molecule has 2 aromatic rings. The summed E-state index contributed by atoms with van der Waals surface area (Å²) in [4.78, 5) is 11.8. The summed E-state index contributed by atoms with van der Waals surface area (Å²) in [5.74, 6) is 0.571. The van der Waals surface area contributed by atoms with E-state index in [1.165, 1.54) is 29.4 Å². The predicted molar refractivity (Wildman–Crippen MR) is 93.3 cm³/mol.